The molecule has 0 aliphatic rings. The Hall–Kier alpha value is -1.32. The van der Waals surface area contributed by atoms with Gasteiger partial charge >= 0.3 is 5.97 Å². The maximum Gasteiger partial charge on any atom is 0.305 e. The number of aromatic nitrogens is 2. The van der Waals surface area contributed by atoms with Crippen LogP contribution in [0.5, 0.6) is 0 Å². The summed E-state index contributed by atoms with van der Waals surface area (Å²) in [5.41, 5.74) is 1.12. The highest BCUT2D eigenvalue weighted by Crippen LogP contribution is 2.00. The molecule has 0 atom stereocenters. The van der Waals surface area contributed by atoms with Crippen LogP contribution in [0.4, 0.5) is 0 Å². The van der Waals surface area contributed by atoms with Crippen LogP contribution in [0.2, 0.25) is 0 Å². The zero-order valence-corrected chi connectivity index (χ0v) is 8.69. The molecule has 0 spiro atoms. The minimum Gasteiger partial charge on any atom is -0.466 e. The second-order valence-corrected chi connectivity index (χ2v) is 3.10. The summed E-state index contributed by atoms with van der Waals surface area (Å²) in [4.78, 5) is 11.0. The van der Waals surface area contributed by atoms with Crippen LogP contribution in [0, 0.1) is 6.92 Å². The van der Waals surface area contributed by atoms with E-state index in [1.165, 1.54) is 0 Å². The molecule has 0 amide bonds. The van der Waals surface area contributed by atoms with E-state index in [1.807, 2.05) is 24.6 Å². The Bertz CT molecular complexity index is 294. The van der Waals surface area contributed by atoms with Gasteiger partial charge in [0.2, 0.25) is 0 Å². The highest BCUT2D eigenvalue weighted by atomic mass is 16.5. The summed E-state index contributed by atoms with van der Waals surface area (Å²) < 4.78 is 6.71. The molecule has 0 radical (unpaired) electrons. The van der Waals surface area contributed by atoms with Gasteiger partial charge in [0.05, 0.1) is 6.61 Å². The molecule has 1 aromatic rings. The Kier molecular flexibility index (Phi) is 4.16. The summed E-state index contributed by atoms with van der Waals surface area (Å²) in [5.74, 6) is -0.127. The molecule has 0 N–H and O–H groups in total. The van der Waals surface area contributed by atoms with Gasteiger partial charge in [0.15, 0.2) is 0 Å². The molecule has 0 aromatic carbocycles. The lowest BCUT2D eigenvalue weighted by Crippen LogP contribution is -2.07. The van der Waals surface area contributed by atoms with E-state index in [0.29, 0.717) is 13.0 Å². The van der Waals surface area contributed by atoms with Gasteiger partial charge in [-0.1, -0.05) is 0 Å². The third-order valence-electron chi connectivity index (χ3n) is 1.99. The Labute approximate surface area is 83.9 Å². The summed E-state index contributed by atoms with van der Waals surface area (Å²) in [6, 6.07) is 1.95. The summed E-state index contributed by atoms with van der Waals surface area (Å²) >= 11 is 0. The molecule has 4 nitrogen and oxygen atoms in total. The summed E-state index contributed by atoms with van der Waals surface area (Å²) in [6.45, 7) is 5.05. The van der Waals surface area contributed by atoms with Gasteiger partial charge in [0.1, 0.15) is 0 Å². The van der Waals surface area contributed by atoms with E-state index < -0.39 is 0 Å². The predicted molar refractivity (Wildman–Crippen MR) is 52.8 cm³/mol. The number of hydrogen-bond acceptors (Lipinski definition) is 3. The molecule has 78 valence electrons. The van der Waals surface area contributed by atoms with Gasteiger partial charge in [0, 0.05) is 24.9 Å². The summed E-state index contributed by atoms with van der Waals surface area (Å²) in [6.07, 6.45) is 3.01. The molecule has 0 saturated carbocycles. The first-order chi connectivity index (χ1) is 6.74. The molecule has 1 rings (SSSR count). The SMILES string of the molecule is CCOC(=O)CCCn1nccc1C. The predicted octanol–water partition coefficient (Wildman–Crippen LogP) is 1.53. The minimum atomic E-state index is -0.127. The third kappa shape index (κ3) is 3.20. The van der Waals surface area contributed by atoms with E-state index >= 15 is 0 Å². The smallest absolute Gasteiger partial charge is 0.305 e. The van der Waals surface area contributed by atoms with Crippen LogP contribution in [0.1, 0.15) is 25.5 Å². The van der Waals surface area contributed by atoms with Crippen molar-refractivity contribution in [3.05, 3.63) is 18.0 Å². The van der Waals surface area contributed by atoms with Crippen LogP contribution in [0.3, 0.4) is 0 Å². The third-order valence-corrected chi connectivity index (χ3v) is 1.99. The normalized spacial score (nSPS) is 10.1. The quantitative estimate of drug-likeness (QED) is 0.671. The lowest BCUT2D eigenvalue weighted by Gasteiger charge is -2.03. The highest BCUT2D eigenvalue weighted by molar-refractivity contribution is 5.69. The highest BCUT2D eigenvalue weighted by Gasteiger charge is 2.02. The number of ether oxygens (including phenoxy) is 1. The van der Waals surface area contributed by atoms with Crippen molar-refractivity contribution in [3.63, 3.8) is 0 Å². The Balaban J connectivity index is 2.22. The van der Waals surface area contributed by atoms with Crippen LogP contribution in [-0.4, -0.2) is 22.4 Å². The van der Waals surface area contributed by atoms with E-state index in [9.17, 15) is 4.79 Å². The van der Waals surface area contributed by atoms with Crippen molar-refractivity contribution in [1.82, 2.24) is 9.78 Å². The Morgan fingerprint density at radius 1 is 1.64 bits per heavy atom. The number of aryl methyl sites for hydroxylation is 2. The van der Waals surface area contributed by atoms with Crippen molar-refractivity contribution < 1.29 is 9.53 Å². The molecule has 1 heterocycles. The minimum absolute atomic E-state index is 0.127. The molecule has 0 aliphatic heterocycles. The fourth-order valence-corrected chi connectivity index (χ4v) is 1.24. The van der Waals surface area contributed by atoms with Crippen LogP contribution < -0.4 is 0 Å². The molecule has 0 aliphatic carbocycles. The first-order valence-corrected chi connectivity index (χ1v) is 4.88. The number of nitrogens with zero attached hydrogens (tertiary/aromatic N) is 2. The molecule has 4 heteroatoms. The molecule has 14 heavy (non-hydrogen) atoms. The summed E-state index contributed by atoms with van der Waals surface area (Å²) in [5, 5.41) is 4.12. The van der Waals surface area contributed by atoms with Crippen molar-refractivity contribution in [2.24, 2.45) is 0 Å². The van der Waals surface area contributed by atoms with Crippen molar-refractivity contribution in [1.29, 1.82) is 0 Å². The molecule has 1 aromatic heterocycles. The molecular weight excluding hydrogens is 180 g/mol. The van der Waals surface area contributed by atoms with Crippen LogP contribution in [-0.2, 0) is 16.1 Å². The van der Waals surface area contributed by atoms with Gasteiger partial charge in [-0.15, -0.1) is 0 Å². The molecule has 0 unspecified atom stereocenters. The fourth-order valence-electron chi connectivity index (χ4n) is 1.24. The molecule has 0 bridgehead atoms. The van der Waals surface area contributed by atoms with Gasteiger partial charge < -0.3 is 4.74 Å². The van der Waals surface area contributed by atoms with E-state index in [4.69, 9.17) is 4.74 Å². The van der Waals surface area contributed by atoms with Gasteiger partial charge in [0.25, 0.3) is 0 Å². The second-order valence-electron chi connectivity index (χ2n) is 3.10. The molecular formula is C10H16N2O2. The number of carbonyl (C=O) groups is 1. The summed E-state index contributed by atoms with van der Waals surface area (Å²) in [7, 11) is 0. The van der Waals surface area contributed by atoms with E-state index in [1.54, 1.807) is 6.20 Å². The zero-order chi connectivity index (χ0) is 10.4. The van der Waals surface area contributed by atoms with Gasteiger partial charge in [-0.25, -0.2) is 0 Å². The molecule has 0 fully saturated rings. The maximum absolute atomic E-state index is 11.0. The van der Waals surface area contributed by atoms with E-state index in [-0.39, 0.29) is 5.97 Å². The van der Waals surface area contributed by atoms with Gasteiger partial charge in [-0.05, 0) is 26.3 Å². The van der Waals surface area contributed by atoms with E-state index in [0.717, 1.165) is 18.7 Å². The number of esters is 1. The lowest BCUT2D eigenvalue weighted by atomic mass is 10.3. The first-order valence-electron chi connectivity index (χ1n) is 4.88. The fraction of sp³-hybridized carbons (Fsp3) is 0.600. The lowest BCUT2D eigenvalue weighted by molar-refractivity contribution is -0.143. The number of hydrogen-bond donors (Lipinski definition) is 0. The van der Waals surface area contributed by atoms with Crippen LogP contribution in [0.15, 0.2) is 12.3 Å². The van der Waals surface area contributed by atoms with Crippen LogP contribution in [0.25, 0.3) is 0 Å². The standard InChI is InChI=1S/C10H16N2O2/c1-3-14-10(13)5-4-8-12-9(2)6-7-11-12/h6-7H,3-5,8H2,1-2H3. The Morgan fingerprint density at radius 2 is 2.43 bits per heavy atom. The number of carbonyl (C=O) groups excluding carboxylic acids is 1. The number of rotatable bonds is 5. The first kappa shape index (κ1) is 10.8. The topological polar surface area (TPSA) is 44.1 Å². The van der Waals surface area contributed by atoms with Crippen molar-refractivity contribution in [2.45, 2.75) is 33.2 Å². The van der Waals surface area contributed by atoms with Gasteiger partial charge in [-0.3, -0.25) is 9.48 Å². The van der Waals surface area contributed by atoms with Crippen molar-refractivity contribution in [3.8, 4) is 0 Å². The average Bonchev–Trinajstić information content (AvgIpc) is 2.52. The van der Waals surface area contributed by atoms with Gasteiger partial charge in [-0.2, -0.15) is 5.10 Å². The monoisotopic (exact) mass is 196 g/mol. The Morgan fingerprint density at radius 3 is 3.00 bits per heavy atom. The van der Waals surface area contributed by atoms with Crippen molar-refractivity contribution >= 4 is 5.97 Å². The maximum atomic E-state index is 11.0. The zero-order valence-electron chi connectivity index (χ0n) is 8.69. The average molecular weight is 196 g/mol. The van der Waals surface area contributed by atoms with Crippen LogP contribution >= 0.6 is 0 Å². The van der Waals surface area contributed by atoms with Crippen molar-refractivity contribution in [2.75, 3.05) is 6.61 Å². The second kappa shape index (κ2) is 5.42. The largest absolute Gasteiger partial charge is 0.466 e. The molecule has 0 saturated heterocycles. The van der Waals surface area contributed by atoms with E-state index in [2.05, 4.69) is 5.10 Å².